The Balaban J connectivity index is 1.30. The first-order chi connectivity index (χ1) is 19.9. The average molecular weight is 569 g/mol. The molecule has 0 radical (unpaired) electrons. The van der Waals surface area contributed by atoms with Gasteiger partial charge in [-0.2, -0.15) is 10.5 Å². The van der Waals surface area contributed by atoms with Crippen molar-refractivity contribution in [2.45, 2.75) is 37.6 Å². The molecule has 9 heteroatoms. The first kappa shape index (κ1) is 26.8. The molecule has 0 N–H and O–H groups in total. The van der Waals surface area contributed by atoms with Crippen molar-refractivity contribution in [1.82, 2.24) is 4.90 Å². The zero-order valence-corrected chi connectivity index (χ0v) is 23.3. The number of methoxy groups -OCH3 is 1. The number of hydrogen-bond acceptors (Lipinski definition) is 6. The van der Waals surface area contributed by atoms with Crippen LogP contribution in [0.15, 0.2) is 72.8 Å². The molecule has 41 heavy (non-hydrogen) atoms. The Kier molecular flexibility index (Phi) is 7.10. The van der Waals surface area contributed by atoms with Gasteiger partial charge in [-0.05, 0) is 42.0 Å². The van der Waals surface area contributed by atoms with Gasteiger partial charge in [0.25, 0.3) is 10.9 Å². The summed E-state index contributed by atoms with van der Waals surface area (Å²) in [5.74, 6) is -0.194. The normalized spacial score (nSPS) is 17.6. The highest BCUT2D eigenvalue weighted by atomic mass is 32.2. The van der Waals surface area contributed by atoms with Crippen molar-refractivity contribution in [2.75, 3.05) is 18.6 Å². The second-order valence-corrected chi connectivity index (χ2v) is 12.3. The third kappa shape index (κ3) is 4.68. The summed E-state index contributed by atoms with van der Waals surface area (Å²) in [6.07, 6.45) is 1.69. The van der Waals surface area contributed by atoms with Gasteiger partial charge in [0.05, 0.1) is 13.7 Å². The monoisotopic (exact) mass is 568 g/mol. The molecule has 1 saturated heterocycles. The molecule has 0 aromatic heterocycles. The number of carbonyl (C=O) groups excluding carboxylic acids is 3. The molecule has 0 unspecified atom stereocenters. The number of ketones is 1. The largest absolute Gasteiger partial charge is 0.467 e. The lowest BCUT2D eigenvalue weighted by molar-refractivity contribution is -0.147. The van der Waals surface area contributed by atoms with Crippen LogP contribution in [0.4, 0.5) is 0 Å². The van der Waals surface area contributed by atoms with E-state index in [1.807, 2.05) is 60.7 Å². The number of nitrogens with zero attached hydrogens (tertiary/aromatic N) is 2. The van der Waals surface area contributed by atoms with Crippen LogP contribution in [0.25, 0.3) is 4.85 Å². The maximum Gasteiger partial charge on any atom is 0.329 e. The summed E-state index contributed by atoms with van der Waals surface area (Å²) in [7, 11) is 0.839. The molecule has 3 aromatic rings. The quantitative estimate of drug-likeness (QED) is 0.228. The van der Waals surface area contributed by atoms with Gasteiger partial charge < -0.3 is 23.9 Å². The van der Waals surface area contributed by atoms with Crippen molar-refractivity contribution in [3.05, 3.63) is 106 Å². The van der Waals surface area contributed by atoms with Gasteiger partial charge >= 0.3 is 11.8 Å². The van der Waals surface area contributed by atoms with Crippen molar-refractivity contribution >= 4 is 33.1 Å². The molecule has 8 nitrogen and oxygen atoms in total. The minimum Gasteiger partial charge on any atom is -0.467 e. The van der Waals surface area contributed by atoms with Crippen LogP contribution in [0.2, 0.25) is 0 Å². The van der Waals surface area contributed by atoms with Crippen molar-refractivity contribution < 1.29 is 28.6 Å². The Labute approximate surface area is 240 Å². The highest BCUT2D eigenvalue weighted by Crippen LogP contribution is 2.49. The molecule has 0 aliphatic carbocycles. The maximum absolute atomic E-state index is 13.7. The van der Waals surface area contributed by atoms with Gasteiger partial charge in [0.2, 0.25) is 0 Å². The summed E-state index contributed by atoms with van der Waals surface area (Å²) < 4.78 is 18.0. The fourth-order valence-corrected chi connectivity index (χ4v) is 7.89. The lowest BCUT2D eigenvalue weighted by Gasteiger charge is -2.28. The van der Waals surface area contributed by atoms with Crippen LogP contribution in [0.1, 0.15) is 46.3 Å². The topological polar surface area (TPSA) is 86.5 Å². The fourth-order valence-electron chi connectivity index (χ4n) is 5.66. The summed E-state index contributed by atoms with van der Waals surface area (Å²) in [6.45, 7) is 7.68. The molecule has 3 aromatic carbocycles. The minimum atomic E-state index is -1.23. The fraction of sp³-hybridized carbons (Fsp3) is 0.281. The number of benzene rings is 3. The van der Waals surface area contributed by atoms with Gasteiger partial charge in [-0.15, -0.1) is 0 Å². The summed E-state index contributed by atoms with van der Waals surface area (Å²) in [5, 5.41) is 0. The Morgan fingerprint density at radius 3 is 2.15 bits per heavy atom. The number of ether oxygens (including phenoxy) is 3. The molecule has 6 rings (SSSR count). The predicted octanol–water partition coefficient (Wildman–Crippen LogP) is 4.93. The zero-order chi connectivity index (χ0) is 28.6. The van der Waals surface area contributed by atoms with Crippen molar-refractivity contribution in [1.29, 1.82) is 0 Å². The number of fused-ring (bicyclic) bond motifs is 2. The molecule has 3 heterocycles. The van der Waals surface area contributed by atoms with E-state index in [1.54, 1.807) is 12.1 Å². The summed E-state index contributed by atoms with van der Waals surface area (Å²) in [5.41, 5.74) is 2.63. The molecule has 3 aliphatic rings. The average Bonchev–Trinajstić information content (AvgIpc) is 3.74. The number of rotatable bonds is 7. The lowest BCUT2D eigenvalue weighted by atomic mass is 9.97. The van der Waals surface area contributed by atoms with E-state index >= 15 is 0 Å². The van der Waals surface area contributed by atoms with E-state index in [2.05, 4.69) is 4.85 Å². The number of hydrogen-bond donors (Lipinski definition) is 0. The molecule has 0 saturated carbocycles. The van der Waals surface area contributed by atoms with Gasteiger partial charge in [-0.1, -0.05) is 60.7 Å². The van der Waals surface area contributed by atoms with Crippen molar-refractivity contribution in [3.63, 3.8) is 0 Å². The first-order valence-electron chi connectivity index (χ1n) is 13.4. The van der Waals surface area contributed by atoms with E-state index in [4.69, 9.17) is 20.8 Å². The molecule has 0 bridgehead atoms. The highest BCUT2D eigenvalue weighted by Gasteiger charge is 2.47. The van der Waals surface area contributed by atoms with Crippen LogP contribution in [0, 0.1) is 6.57 Å². The van der Waals surface area contributed by atoms with Crippen molar-refractivity contribution in [3.8, 4) is 11.5 Å². The maximum atomic E-state index is 13.7. The lowest BCUT2D eigenvalue weighted by Crippen LogP contribution is -2.44. The molecule has 208 valence electrons. The predicted molar refractivity (Wildman–Crippen MR) is 155 cm³/mol. The summed E-state index contributed by atoms with van der Waals surface area (Å²) in [4.78, 5) is 44.8. The van der Waals surface area contributed by atoms with Gasteiger partial charge in [0, 0.05) is 29.7 Å². The van der Waals surface area contributed by atoms with E-state index in [1.165, 1.54) is 12.0 Å². The molecule has 1 atom stereocenters. The van der Waals surface area contributed by atoms with Crippen LogP contribution in [-0.2, 0) is 26.7 Å². The van der Waals surface area contributed by atoms with E-state index in [9.17, 15) is 14.4 Å². The Bertz CT molecular complexity index is 1560. The van der Waals surface area contributed by atoms with Crippen molar-refractivity contribution in [2.24, 2.45) is 0 Å². The Morgan fingerprint density at radius 1 is 1.00 bits per heavy atom. The number of esters is 1. The van der Waals surface area contributed by atoms with Crippen LogP contribution in [0.3, 0.4) is 0 Å². The molecule has 1 amide bonds. The summed E-state index contributed by atoms with van der Waals surface area (Å²) >= 11 is 0. The number of Topliss-reactive ketones (excluding diaryl/α,β-unsaturated/α-hetero) is 1. The zero-order valence-electron chi connectivity index (χ0n) is 22.5. The van der Waals surface area contributed by atoms with Crippen LogP contribution in [0.5, 0.6) is 11.5 Å². The standard InChI is InChI=1S/C32H28N2O6S/c1-33-29(41-15-9-10-16-41)26(35)19-25(31(37)38-2)34-20-21-17-27-28(18-24(21)30(34)36)40-32(39-27,22-11-5-3-6-12-22)23-13-7-4-8-14-23/h3-8,11-14,17-18,25H,9-10,15-16,19-20H2,2H3/t25-/m0/s1. The molecule has 3 aliphatic heterocycles. The van der Waals surface area contributed by atoms with E-state index in [0.29, 0.717) is 22.6 Å². The van der Waals surface area contributed by atoms with Gasteiger partial charge in [-0.3, -0.25) is 4.79 Å². The van der Waals surface area contributed by atoms with E-state index < -0.39 is 40.0 Å². The minimum absolute atomic E-state index is 0.0978. The molecule has 0 spiro atoms. The van der Waals surface area contributed by atoms with Gasteiger partial charge in [-0.25, -0.2) is 9.64 Å². The summed E-state index contributed by atoms with van der Waals surface area (Å²) in [6, 6.07) is 21.5. The van der Waals surface area contributed by atoms with Crippen LogP contribution >= 0.6 is 10.5 Å². The first-order valence-corrected chi connectivity index (χ1v) is 15.0. The Morgan fingerprint density at radius 2 is 1.59 bits per heavy atom. The van der Waals surface area contributed by atoms with Crippen LogP contribution in [-0.4, -0.2) is 52.2 Å². The third-order valence-corrected chi connectivity index (χ3v) is 10.1. The Hall–Kier alpha value is -4.42. The third-order valence-electron chi connectivity index (χ3n) is 7.69. The molecular formula is C32H28N2O6S. The number of carbonyl (C=O) groups is 3. The smallest absolute Gasteiger partial charge is 0.329 e. The van der Waals surface area contributed by atoms with Crippen LogP contribution < -0.4 is 9.47 Å². The number of amides is 1. The molecular weight excluding hydrogens is 540 g/mol. The van der Waals surface area contributed by atoms with E-state index in [-0.39, 0.29) is 18.0 Å². The molecule has 1 fully saturated rings. The highest BCUT2D eigenvalue weighted by molar-refractivity contribution is 8.17. The second kappa shape index (κ2) is 10.9. The van der Waals surface area contributed by atoms with Gasteiger partial charge in [0.1, 0.15) is 6.04 Å². The SMILES string of the molecule is [C-]#[N+]C(C(=O)C[C@@H](C(=O)OC)N1Cc2cc3c(cc2C1=O)OC(c1ccccc1)(c1ccccc1)O3)=S1CCCC1. The van der Waals surface area contributed by atoms with E-state index in [0.717, 1.165) is 35.5 Å². The van der Waals surface area contributed by atoms with Gasteiger partial charge in [0.15, 0.2) is 17.3 Å². The second-order valence-electron chi connectivity index (χ2n) is 10.1.